The maximum atomic E-state index is 12.3. The highest BCUT2D eigenvalue weighted by molar-refractivity contribution is 5.69. The first kappa shape index (κ1) is 27.9. The summed E-state index contributed by atoms with van der Waals surface area (Å²) in [5.74, 6) is 0.661. The van der Waals surface area contributed by atoms with Crippen LogP contribution in [0.1, 0.15) is 25.0 Å². The predicted molar refractivity (Wildman–Crippen MR) is 157 cm³/mol. The molecular weight excluding hydrogens is 504 g/mol. The lowest BCUT2D eigenvalue weighted by Crippen LogP contribution is -2.32. The molecule has 0 aromatic heterocycles. The van der Waals surface area contributed by atoms with Crippen LogP contribution in [0.15, 0.2) is 110 Å². The first-order valence-corrected chi connectivity index (χ1v) is 12.8. The van der Waals surface area contributed by atoms with Crippen molar-refractivity contribution in [2.75, 3.05) is 0 Å². The zero-order valence-corrected chi connectivity index (χ0v) is 22.4. The summed E-state index contributed by atoms with van der Waals surface area (Å²) in [6.45, 7) is 10.7. The lowest BCUT2D eigenvalue weighted by atomic mass is 10.0. The summed E-state index contributed by atoms with van der Waals surface area (Å²) in [4.78, 5) is 24.6. The van der Waals surface area contributed by atoms with Gasteiger partial charge in [-0.2, -0.15) is 0 Å². The van der Waals surface area contributed by atoms with Gasteiger partial charge in [-0.3, -0.25) is 0 Å². The van der Waals surface area contributed by atoms with Gasteiger partial charge < -0.3 is 18.9 Å². The predicted octanol–water partition coefficient (Wildman–Crippen LogP) is 8.81. The first-order valence-electron chi connectivity index (χ1n) is 12.8. The third-order valence-corrected chi connectivity index (χ3v) is 6.30. The van der Waals surface area contributed by atoms with E-state index in [1.54, 1.807) is 50.3 Å². The number of carbonyl (C=O) groups excluding carboxylic acids is 2. The average molecular weight is 535 g/mol. The van der Waals surface area contributed by atoms with Gasteiger partial charge >= 0.3 is 12.3 Å². The standard InChI is InChI=1S/C34H30O6/c1-5-25-7-11-27(12-8-25)29-15-19-31(20-16-29)39-33(35)37-23(3)24(4)38-34(36)40-32-21-17-30(18-22-32)28-13-9-26(6-2)10-14-28/h5-24H,1-2H2,3-4H3. The van der Waals surface area contributed by atoms with E-state index in [4.69, 9.17) is 18.9 Å². The second kappa shape index (κ2) is 13.1. The van der Waals surface area contributed by atoms with Gasteiger partial charge in [0, 0.05) is 0 Å². The molecule has 6 heteroatoms. The fraction of sp³-hybridized carbons (Fsp3) is 0.118. The van der Waals surface area contributed by atoms with E-state index in [1.165, 1.54) is 0 Å². The molecule has 202 valence electrons. The van der Waals surface area contributed by atoms with Crippen LogP contribution in [0.2, 0.25) is 0 Å². The van der Waals surface area contributed by atoms with E-state index in [2.05, 4.69) is 13.2 Å². The van der Waals surface area contributed by atoms with Gasteiger partial charge in [-0.15, -0.1) is 0 Å². The minimum Gasteiger partial charge on any atom is -0.427 e. The Kier molecular flexibility index (Phi) is 9.15. The van der Waals surface area contributed by atoms with Crippen LogP contribution >= 0.6 is 0 Å². The Labute approximate surface area is 234 Å². The van der Waals surface area contributed by atoms with Crippen LogP contribution in [0, 0.1) is 0 Å². The number of hydrogen-bond donors (Lipinski definition) is 0. The van der Waals surface area contributed by atoms with E-state index < -0.39 is 24.5 Å². The largest absolute Gasteiger partial charge is 0.514 e. The van der Waals surface area contributed by atoms with Gasteiger partial charge in [-0.25, -0.2) is 9.59 Å². The van der Waals surface area contributed by atoms with Gasteiger partial charge in [-0.1, -0.05) is 98.1 Å². The summed E-state index contributed by atoms with van der Waals surface area (Å²) in [6.07, 6.45) is 0.206. The Morgan fingerprint density at radius 2 is 0.800 bits per heavy atom. The highest BCUT2D eigenvalue weighted by atomic mass is 16.8. The quantitative estimate of drug-likeness (QED) is 0.158. The molecule has 0 heterocycles. The van der Waals surface area contributed by atoms with Crippen molar-refractivity contribution in [2.24, 2.45) is 0 Å². The second-order valence-corrected chi connectivity index (χ2v) is 9.05. The highest BCUT2D eigenvalue weighted by Crippen LogP contribution is 2.25. The van der Waals surface area contributed by atoms with Gasteiger partial charge in [0.05, 0.1) is 0 Å². The lowest BCUT2D eigenvalue weighted by Gasteiger charge is -2.20. The molecule has 40 heavy (non-hydrogen) atoms. The molecule has 0 aliphatic rings. The zero-order chi connectivity index (χ0) is 28.5. The van der Waals surface area contributed by atoms with E-state index in [1.807, 2.05) is 72.8 Å². The molecule has 0 radical (unpaired) electrons. The zero-order valence-electron chi connectivity index (χ0n) is 22.4. The maximum absolute atomic E-state index is 12.3. The van der Waals surface area contributed by atoms with Gasteiger partial charge in [0.25, 0.3) is 0 Å². The Balaban J connectivity index is 1.24. The van der Waals surface area contributed by atoms with Crippen molar-refractivity contribution in [2.45, 2.75) is 26.1 Å². The minimum absolute atomic E-state index is 0.330. The number of carbonyl (C=O) groups is 2. The number of benzene rings is 4. The molecule has 0 aliphatic heterocycles. The number of rotatable bonds is 9. The molecule has 0 saturated carbocycles. The van der Waals surface area contributed by atoms with Crippen molar-refractivity contribution in [3.8, 4) is 33.8 Å². The van der Waals surface area contributed by atoms with E-state index in [0.29, 0.717) is 11.5 Å². The Hall–Kier alpha value is -5.10. The normalized spacial score (nSPS) is 11.9. The van der Waals surface area contributed by atoms with E-state index in [-0.39, 0.29) is 0 Å². The summed E-state index contributed by atoms with van der Waals surface area (Å²) < 4.78 is 21.1. The minimum atomic E-state index is -0.906. The van der Waals surface area contributed by atoms with Crippen LogP contribution in [0.4, 0.5) is 9.59 Å². The molecule has 2 atom stereocenters. The van der Waals surface area contributed by atoms with Crippen LogP contribution in [-0.4, -0.2) is 24.5 Å². The SMILES string of the molecule is C=Cc1ccc(-c2ccc(OC(=O)OC(C)C(C)OC(=O)Oc3ccc(-c4ccc(C=C)cc4)cc3)cc2)cc1. The number of hydrogen-bond acceptors (Lipinski definition) is 6. The Bertz CT molecular complexity index is 1340. The van der Waals surface area contributed by atoms with Gasteiger partial charge in [0.15, 0.2) is 0 Å². The maximum Gasteiger partial charge on any atom is 0.514 e. The van der Waals surface area contributed by atoms with Gasteiger partial charge in [0.2, 0.25) is 0 Å². The molecule has 2 unspecified atom stereocenters. The molecule has 0 aliphatic carbocycles. The first-order chi connectivity index (χ1) is 19.3. The van der Waals surface area contributed by atoms with Crippen molar-refractivity contribution in [3.05, 3.63) is 121 Å². The van der Waals surface area contributed by atoms with Crippen molar-refractivity contribution >= 4 is 24.5 Å². The van der Waals surface area contributed by atoms with Crippen LogP contribution < -0.4 is 9.47 Å². The monoisotopic (exact) mass is 534 g/mol. The molecule has 0 amide bonds. The van der Waals surface area contributed by atoms with Crippen molar-refractivity contribution in [1.82, 2.24) is 0 Å². The van der Waals surface area contributed by atoms with E-state index in [9.17, 15) is 9.59 Å². The molecule has 4 aromatic rings. The molecule has 0 fully saturated rings. The Morgan fingerprint density at radius 1 is 0.525 bits per heavy atom. The molecule has 0 spiro atoms. The van der Waals surface area contributed by atoms with Crippen LogP contribution in [0.3, 0.4) is 0 Å². The highest BCUT2D eigenvalue weighted by Gasteiger charge is 2.23. The van der Waals surface area contributed by atoms with Crippen LogP contribution in [0.25, 0.3) is 34.4 Å². The molecule has 4 rings (SSSR count). The fourth-order valence-electron chi connectivity index (χ4n) is 3.79. The van der Waals surface area contributed by atoms with Crippen molar-refractivity contribution < 1.29 is 28.5 Å². The van der Waals surface area contributed by atoms with Crippen LogP contribution in [0.5, 0.6) is 11.5 Å². The second-order valence-electron chi connectivity index (χ2n) is 9.05. The summed E-state index contributed by atoms with van der Waals surface area (Å²) in [7, 11) is 0. The van der Waals surface area contributed by atoms with Gasteiger partial charge in [0.1, 0.15) is 23.7 Å². The summed E-state index contributed by atoms with van der Waals surface area (Å²) in [5.41, 5.74) is 6.07. The molecule has 4 aromatic carbocycles. The summed E-state index contributed by atoms with van der Waals surface area (Å²) >= 11 is 0. The molecular formula is C34H30O6. The fourth-order valence-corrected chi connectivity index (χ4v) is 3.79. The lowest BCUT2D eigenvalue weighted by molar-refractivity contribution is -0.0203. The Morgan fingerprint density at radius 3 is 1.07 bits per heavy atom. The summed E-state index contributed by atoms with van der Waals surface area (Å²) in [5, 5.41) is 0. The van der Waals surface area contributed by atoms with Gasteiger partial charge in [-0.05, 0) is 71.5 Å². The van der Waals surface area contributed by atoms with E-state index in [0.717, 1.165) is 33.4 Å². The molecule has 0 N–H and O–H groups in total. The molecule has 0 bridgehead atoms. The summed E-state index contributed by atoms with van der Waals surface area (Å²) in [6, 6.07) is 30.0. The molecule has 0 saturated heterocycles. The third-order valence-electron chi connectivity index (χ3n) is 6.30. The van der Waals surface area contributed by atoms with Crippen molar-refractivity contribution in [3.63, 3.8) is 0 Å². The average Bonchev–Trinajstić information content (AvgIpc) is 2.98. The smallest absolute Gasteiger partial charge is 0.427 e. The number of ether oxygens (including phenoxy) is 4. The topological polar surface area (TPSA) is 71.1 Å². The van der Waals surface area contributed by atoms with Crippen molar-refractivity contribution in [1.29, 1.82) is 0 Å². The van der Waals surface area contributed by atoms with Crippen LogP contribution in [-0.2, 0) is 9.47 Å². The molecule has 6 nitrogen and oxygen atoms in total. The van der Waals surface area contributed by atoms with E-state index >= 15 is 0 Å². The third kappa shape index (κ3) is 7.48.